The van der Waals surface area contributed by atoms with E-state index in [1.807, 2.05) is 0 Å². The van der Waals surface area contributed by atoms with Gasteiger partial charge < -0.3 is 14.4 Å². The molecular weight excluding hydrogens is 408 g/mol. The summed E-state index contributed by atoms with van der Waals surface area (Å²) >= 11 is 1.21. The highest BCUT2D eigenvalue weighted by molar-refractivity contribution is 7.12. The predicted octanol–water partition coefficient (Wildman–Crippen LogP) is 3.61. The van der Waals surface area contributed by atoms with Crippen LogP contribution in [0, 0.1) is 6.92 Å². The number of rotatable bonds is 5. The number of ketones is 1. The van der Waals surface area contributed by atoms with Crippen LogP contribution in [0.4, 0.5) is 5.82 Å². The number of methoxy groups -OCH3 is 1. The van der Waals surface area contributed by atoms with Crippen molar-refractivity contribution in [3.8, 4) is 0 Å². The molecule has 2 aromatic heterocycles. The van der Waals surface area contributed by atoms with E-state index in [2.05, 4.69) is 5.16 Å². The van der Waals surface area contributed by atoms with Gasteiger partial charge in [0.05, 0.1) is 29.2 Å². The molecule has 0 spiro atoms. The number of aliphatic hydroxyl groups excluding tert-OH is 1. The number of anilines is 1. The van der Waals surface area contributed by atoms with E-state index in [1.165, 1.54) is 35.5 Å². The van der Waals surface area contributed by atoms with Gasteiger partial charge in [0, 0.05) is 6.07 Å². The zero-order valence-corrected chi connectivity index (χ0v) is 16.8. The standard InChI is InChI=1S/C21H16N2O6S/c1-11-10-15(22-29-11)23-17(12-5-7-13(8-6-12)21(27)28-2)16(19(25)20(23)26)18(24)14-4-3-9-30-14/h3-10,17,25H,1-2H3/t17-/m1/s1. The van der Waals surface area contributed by atoms with Crippen molar-refractivity contribution in [1.82, 2.24) is 5.16 Å². The topological polar surface area (TPSA) is 110 Å². The lowest BCUT2D eigenvalue weighted by Crippen LogP contribution is -2.31. The number of aromatic nitrogens is 1. The highest BCUT2D eigenvalue weighted by Gasteiger charge is 2.46. The molecule has 0 saturated heterocycles. The van der Waals surface area contributed by atoms with Gasteiger partial charge in [0.25, 0.3) is 5.91 Å². The molecule has 1 amide bonds. The van der Waals surface area contributed by atoms with Crippen LogP contribution in [0.5, 0.6) is 0 Å². The van der Waals surface area contributed by atoms with Gasteiger partial charge in [-0.25, -0.2) is 4.79 Å². The van der Waals surface area contributed by atoms with Gasteiger partial charge in [0.2, 0.25) is 5.78 Å². The maximum Gasteiger partial charge on any atom is 0.337 e. The molecule has 0 saturated carbocycles. The Morgan fingerprint density at radius 1 is 1.23 bits per heavy atom. The average Bonchev–Trinajstić information content (AvgIpc) is 3.48. The van der Waals surface area contributed by atoms with Gasteiger partial charge in [0.1, 0.15) is 5.76 Å². The fraction of sp³-hybridized carbons (Fsp3) is 0.143. The molecule has 3 heterocycles. The molecule has 1 aliphatic heterocycles. The lowest BCUT2D eigenvalue weighted by molar-refractivity contribution is -0.117. The van der Waals surface area contributed by atoms with Gasteiger partial charge in [-0.3, -0.25) is 14.5 Å². The van der Waals surface area contributed by atoms with Crippen LogP contribution in [0.25, 0.3) is 0 Å². The first-order chi connectivity index (χ1) is 14.4. The molecule has 3 aromatic rings. The number of ether oxygens (including phenoxy) is 1. The lowest BCUT2D eigenvalue weighted by atomic mass is 9.94. The minimum Gasteiger partial charge on any atom is -0.503 e. The summed E-state index contributed by atoms with van der Waals surface area (Å²) in [5.41, 5.74) is 0.767. The van der Waals surface area contributed by atoms with Crippen LogP contribution in [0.2, 0.25) is 0 Å². The number of nitrogens with zero attached hydrogens (tertiary/aromatic N) is 2. The number of aliphatic hydroxyl groups is 1. The number of amides is 1. The summed E-state index contributed by atoms with van der Waals surface area (Å²) in [6.45, 7) is 1.67. The number of benzene rings is 1. The minimum atomic E-state index is -0.941. The Labute approximate surface area is 175 Å². The molecule has 8 nitrogen and oxygen atoms in total. The van der Waals surface area contributed by atoms with Crippen LogP contribution in [0.15, 0.2) is 63.7 Å². The van der Waals surface area contributed by atoms with Crippen LogP contribution < -0.4 is 4.90 Å². The first kappa shape index (κ1) is 19.6. The van der Waals surface area contributed by atoms with E-state index in [1.54, 1.807) is 42.6 Å². The summed E-state index contributed by atoms with van der Waals surface area (Å²) in [5.74, 6) is -1.74. The number of carbonyl (C=O) groups excluding carboxylic acids is 3. The lowest BCUT2D eigenvalue weighted by Gasteiger charge is -2.24. The van der Waals surface area contributed by atoms with Gasteiger partial charge in [0.15, 0.2) is 11.6 Å². The molecule has 4 rings (SSSR count). The molecule has 0 aliphatic carbocycles. The summed E-state index contributed by atoms with van der Waals surface area (Å²) in [6.07, 6.45) is 0. The number of Topliss-reactive ketones (excluding diaryl/α,β-unsaturated/α-hetero) is 1. The third kappa shape index (κ3) is 3.18. The average molecular weight is 424 g/mol. The molecular formula is C21H16N2O6S. The number of esters is 1. The van der Waals surface area contributed by atoms with Crippen LogP contribution in [0.1, 0.15) is 37.4 Å². The van der Waals surface area contributed by atoms with Crippen LogP contribution in [-0.2, 0) is 9.53 Å². The maximum atomic E-state index is 13.1. The molecule has 1 N–H and O–H groups in total. The van der Waals surface area contributed by atoms with Gasteiger partial charge in [-0.2, -0.15) is 0 Å². The van der Waals surface area contributed by atoms with Gasteiger partial charge >= 0.3 is 5.97 Å². The smallest absolute Gasteiger partial charge is 0.337 e. The molecule has 0 radical (unpaired) electrons. The molecule has 1 aromatic carbocycles. The van der Waals surface area contributed by atoms with E-state index in [9.17, 15) is 19.5 Å². The van der Waals surface area contributed by atoms with Crippen LogP contribution in [-0.4, -0.2) is 35.0 Å². The summed E-state index contributed by atoms with van der Waals surface area (Å²) in [7, 11) is 1.28. The second-order valence-corrected chi connectivity index (χ2v) is 7.50. The van der Waals surface area contributed by atoms with Crippen LogP contribution in [0.3, 0.4) is 0 Å². The first-order valence-electron chi connectivity index (χ1n) is 8.89. The normalized spacial score (nSPS) is 16.3. The monoisotopic (exact) mass is 424 g/mol. The fourth-order valence-electron chi connectivity index (χ4n) is 3.32. The molecule has 0 unspecified atom stereocenters. The SMILES string of the molecule is COC(=O)c1ccc([C@@H]2C(C(=O)c3cccs3)=C(O)C(=O)N2c2cc(C)on2)cc1. The molecule has 152 valence electrons. The van der Waals surface area contributed by atoms with Crippen molar-refractivity contribution < 1.29 is 28.8 Å². The largest absolute Gasteiger partial charge is 0.503 e. The highest BCUT2D eigenvalue weighted by Crippen LogP contribution is 2.42. The van der Waals surface area contributed by atoms with Crippen molar-refractivity contribution in [2.45, 2.75) is 13.0 Å². The Hall–Kier alpha value is -3.72. The number of hydrogen-bond acceptors (Lipinski definition) is 8. The van der Waals surface area contributed by atoms with Crippen molar-refractivity contribution in [3.05, 3.63) is 80.9 Å². The molecule has 1 aliphatic rings. The zero-order valence-electron chi connectivity index (χ0n) is 16.0. The Morgan fingerprint density at radius 2 is 1.97 bits per heavy atom. The Kier molecular flexibility index (Phi) is 4.96. The van der Waals surface area contributed by atoms with Crippen molar-refractivity contribution in [2.24, 2.45) is 0 Å². The third-order valence-electron chi connectivity index (χ3n) is 4.71. The molecule has 0 bridgehead atoms. The fourth-order valence-corrected chi connectivity index (χ4v) is 3.99. The second-order valence-electron chi connectivity index (χ2n) is 6.56. The van der Waals surface area contributed by atoms with Crippen molar-refractivity contribution in [1.29, 1.82) is 0 Å². The van der Waals surface area contributed by atoms with E-state index in [-0.39, 0.29) is 11.4 Å². The van der Waals surface area contributed by atoms with Crippen molar-refractivity contribution in [3.63, 3.8) is 0 Å². The summed E-state index contributed by atoms with van der Waals surface area (Å²) in [4.78, 5) is 39.4. The predicted molar refractivity (Wildman–Crippen MR) is 108 cm³/mol. The molecule has 9 heteroatoms. The van der Waals surface area contributed by atoms with E-state index in [0.717, 1.165) is 0 Å². The van der Waals surface area contributed by atoms with Crippen molar-refractivity contribution >= 4 is 34.8 Å². The second kappa shape index (κ2) is 7.60. The van der Waals surface area contributed by atoms with E-state index in [0.29, 0.717) is 21.8 Å². The van der Waals surface area contributed by atoms with Crippen molar-refractivity contribution in [2.75, 3.05) is 12.0 Å². The number of thiophene rings is 1. The third-order valence-corrected chi connectivity index (χ3v) is 5.58. The van der Waals surface area contributed by atoms with Crippen LogP contribution >= 0.6 is 11.3 Å². The maximum absolute atomic E-state index is 13.1. The van der Waals surface area contributed by atoms with Gasteiger partial charge in [-0.1, -0.05) is 23.4 Å². The molecule has 1 atom stereocenters. The number of carbonyl (C=O) groups is 3. The van der Waals surface area contributed by atoms with E-state index in [4.69, 9.17) is 9.26 Å². The summed E-state index contributed by atoms with van der Waals surface area (Å²) in [5, 5.41) is 16.2. The van der Waals surface area contributed by atoms with Gasteiger partial charge in [-0.05, 0) is 36.1 Å². The number of hydrogen-bond donors (Lipinski definition) is 1. The Morgan fingerprint density at radius 3 is 2.53 bits per heavy atom. The number of aryl methyl sites for hydroxylation is 1. The molecule has 30 heavy (non-hydrogen) atoms. The Balaban J connectivity index is 1.84. The highest BCUT2D eigenvalue weighted by atomic mass is 32.1. The summed E-state index contributed by atoms with van der Waals surface area (Å²) in [6, 6.07) is 10.2. The van der Waals surface area contributed by atoms with Gasteiger partial charge in [-0.15, -0.1) is 11.3 Å². The zero-order chi connectivity index (χ0) is 21.4. The minimum absolute atomic E-state index is 0.0612. The first-order valence-corrected chi connectivity index (χ1v) is 9.76. The van der Waals surface area contributed by atoms with E-state index < -0.39 is 29.5 Å². The Bertz CT molecular complexity index is 1160. The quantitative estimate of drug-likeness (QED) is 0.492. The summed E-state index contributed by atoms with van der Waals surface area (Å²) < 4.78 is 9.80. The molecule has 0 fully saturated rings. The van der Waals surface area contributed by atoms with E-state index >= 15 is 0 Å².